The lowest BCUT2D eigenvalue weighted by Gasteiger charge is -2.34. The molecule has 2 fully saturated rings. The quantitative estimate of drug-likeness (QED) is 0.348. The molecule has 1 N–H and O–H groups in total. The molecule has 2 saturated carbocycles. The van der Waals surface area contributed by atoms with Crippen LogP contribution in [0.5, 0.6) is 0 Å². The molecule has 6 nitrogen and oxygen atoms in total. The Morgan fingerprint density at radius 3 is 2.30 bits per heavy atom. The standard InChI is InChI=1S/C24H36N4O2/c1-3-19(2)27-30-24(26-21-15-9-5-10-16-21)28(22-17-11-6-12-18-22)23(29)25-20-13-7-4-8-14-20/h4,7-8,13-14,21-22H,3,5-6,9-12,15-18H2,1-2H3,(H,25,29). The zero-order chi connectivity index (χ0) is 21.2. The summed E-state index contributed by atoms with van der Waals surface area (Å²) in [7, 11) is 0. The van der Waals surface area contributed by atoms with Crippen LogP contribution >= 0.6 is 0 Å². The molecular weight excluding hydrogens is 376 g/mol. The lowest BCUT2D eigenvalue weighted by molar-refractivity contribution is 0.175. The number of hydrogen-bond donors (Lipinski definition) is 1. The highest BCUT2D eigenvalue weighted by Crippen LogP contribution is 2.26. The van der Waals surface area contributed by atoms with Gasteiger partial charge in [-0.25, -0.2) is 14.7 Å². The molecule has 30 heavy (non-hydrogen) atoms. The summed E-state index contributed by atoms with van der Waals surface area (Å²) in [6.07, 6.45) is 11.9. The van der Waals surface area contributed by atoms with Crippen LogP contribution < -0.4 is 5.32 Å². The molecule has 0 unspecified atom stereocenters. The first-order chi connectivity index (χ1) is 14.7. The van der Waals surface area contributed by atoms with Gasteiger partial charge in [-0.15, -0.1) is 0 Å². The Balaban J connectivity index is 1.89. The lowest BCUT2D eigenvalue weighted by atomic mass is 9.94. The fourth-order valence-corrected chi connectivity index (χ4v) is 4.13. The van der Waals surface area contributed by atoms with Gasteiger partial charge in [0.05, 0.1) is 11.8 Å². The van der Waals surface area contributed by atoms with Gasteiger partial charge in [0.15, 0.2) is 0 Å². The van der Waals surface area contributed by atoms with Crippen molar-refractivity contribution in [2.45, 2.75) is 96.6 Å². The summed E-state index contributed by atoms with van der Waals surface area (Å²) < 4.78 is 0. The van der Waals surface area contributed by atoms with Crippen LogP contribution in [0.3, 0.4) is 0 Å². The van der Waals surface area contributed by atoms with Crippen molar-refractivity contribution in [1.29, 1.82) is 0 Å². The molecule has 2 aliphatic carbocycles. The summed E-state index contributed by atoms with van der Waals surface area (Å²) in [4.78, 5) is 26.0. The van der Waals surface area contributed by atoms with E-state index in [0.717, 1.165) is 56.3 Å². The van der Waals surface area contributed by atoms with Crippen LogP contribution in [-0.4, -0.2) is 34.7 Å². The van der Waals surface area contributed by atoms with E-state index in [1.54, 1.807) is 4.90 Å². The van der Waals surface area contributed by atoms with E-state index in [1.807, 2.05) is 44.2 Å². The highest BCUT2D eigenvalue weighted by molar-refractivity contribution is 6.01. The molecule has 0 bridgehead atoms. The SMILES string of the molecule is CCC(C)=NOC(=NC1CCCCC1)N(C(=O)Nc1ccccc1)C1CCCCC1. The van der Waals surface area contributed by atoms with Gasteiger partial charge < -0.3 is 10.2 Å². The van der Waals surface area contributed by atoms with Crippen molar-refractivity contribution < 1.29 is 9.63 Å². The van der Waals surface area contributed by atoms with E-state index in [1.165, 1.54) is 25.7 Å². The first kappa shape index (κ1) is 22.3. The molecule has 3 rings (SSSR count). The van der Waals surface area contributed by atoms with Crippen molar-refractivity contribution in [2.24, 2.45) is 10.1 Å². The van der Waals surface area contributed by atoms with Gasteiger partial charge in [-0.05, 0) is 51.2 Å². The van der Waals surface area contributed by atoms with E-state index in [9.17, 15) is 4.79 Å². The van der Waals surface area contributed by atoms with Crippen LogP contribution in [0, 0.1) is 0 Å². The van der Waals surface area contributed by atoms with Crippen molar-refractivity contribution in [3.05, 3.63) is 30.3 Å². The Morgan fingerprint density at radius 2 is 1.67 bits per heavy atom. The number of anilines is 1. The lowest BCUT2D eigenvalue weighted by Crippen LogP contribution is -2.48. The van der Waals surface area contributed by atoms with Crippen LogP contribution in [0.15, 0.2) is 40.5 Å². The average Bonchev–Trinajstić information content (AvgIpc) is 2.79. The van der Waals surface area contributed by atoms with Gasteiger partial charge in [0.2, 0.25) is 0 Å². The molecule has 6 heteroatoms. The summed E-state index contributed by atoms with van der Waals surface area (Å²) in [5, 5.41) is 7.31. The van der Waals surface area contributed by atoms with Crippen LogP contribution in [0.2, 0.25) is 0 Å². The molecule has 0 atom stereocenters. The monoisotopic (exact) mass is 412 g/mol. The van der Waals surface area contributed by atoms with E-state index < -0.39 is 0 Å². The smallest absolute Gasteiger partial charge is 0.317 e. The molecular formula is C24H36N4O2. The molecule has 0 saturated heterocycles. The zero-order valence-electron chi connectivity index (χ0n) is 18.5. The number of carbonyl (C=O) groups excluding carboxylic acids is 1. The van der Waals surface area contributed by atoms with Crippen LogP contribution in [0.4, 0.5) is 10.5 Å². The molecule has 0 radical (unpaired) electrons. The van der Waals surface area contributed by atoms with E-state index >= 15 is 0 Å². The Bertz CT molecular complexity index is 720. The van der Waals surface area contributed by atoms with Gasteiger partial charge in [0.25, 0.3) is 0 Å². The Labute approximate surface area is 180 Å². The second kappa shape index (κ2) is 11.7. The number of amidine groups is 1. The molecule has 164 valence electrons. The minimum absolute atomic E-state index is 0.0851. The predicted molar refractivity (Wildman–Crippen MR) is 123 cm³/mol. The Hall–Kier alpha value is -2.37. The van der Waals surface area contributed by atoms with Gasteiger partial charge in [0.1, 0.15) is 0 Å². The second-order valence-electron chi connectivity index (χ2n) is 8.43. The van der Waals surface area contributed by atoms with E-state index in [2.05, 4.69) is 10.5 Å². The number of carbonyl (C=O) groups is 1. The third-order valence-electron chi connectivity index (χ3n) is 6.05. The summed E-state index contributed by atoms with van der Waals surface area (Å²) in [6, 6.07) is 10.0. The second-order valence-corrected chi connectivity index (χ2v) is 8.43. The zero-order valence-corrected chi connectivity index (χ0v) is 18.5. The average molecular weight is 413 g/mol. The van der Waals surface area contributed by atoms with Crippen molar-refractivity contribution in [1.82, 2.24) is 4.90 Å². The molecule has 1 aromatic carbocycles. The number of aliphatic imine (C=N–C) groups is 1. The normalized spacial score (nSPS) is 19.4. The number of benzene rings is 1. The number of urea groups is 1. The van der Waals surface area contributed by atoms with E-state index in [-0.39, 0.29) is 18.1 Å². The largest absolute Gasteiger partial charge is 0.330 e. The summed E-state index contributed by atoms with van der Waals surface area (Å²) in [5.74, 6) is 0. The number of oxime groups is 1. The minimum atomic E-state index is -0.188. The first-order valence-electron chi connectivity index (χ1n) is 11.6. The predicted octanol–water partition coefficient (Wildman–Crippen LogP) is 6.34. The topological polar surface area (TPSA) is 66.3 Å². The summed E-state index contributed by atoms with van der Waals surface area (Å²) in [6.45, 7) is 3.98. The van der Waals surface area contributed by atoms with Crippen molar-refractivity contribution >= 4 is 23.5 Å². The van der Waals surface area contributed by atoms with Gasteiger partial charge in [0, 0.05) is 11.7 Å². The molecule has 2 amide bonds. The van der Waals surface area contributed by atoms with E-state index in [0.29, 0.717) is 6.02 Å². The van der Waals surface area contributed by atoms with Crippen LogP contribution in [0.1, 0.15) is 84.5 Å². The first-order valence-corrected chi connectivity index (χ1v) is 11.6. The maximum atomic E-state index is 13.4. The highest BCUT2D eigenvalue weighted by atomic mass is 16.6. The Morgan fingerprint density at radius 1 is 1.03 bits per heavy atom. The van der Waals surface area contributed by atoms with Crippen LogP contribution in [-0.2, 0) is 4.84 Å². The van der Waals surface area contributed by atoms with Gasteiger partial charge in [-0.1, -0.05) is 68.8 Å². The molecule has 0 aromatic heterocycles. The maximum absolute atomic E-state index is 13.4. The number of amides is 2. The van der Waals surface area contributed by atoms with Crippen molar-refractivity contribution in [3.63, 3.8) is 0 Å². The van der Waals surface area contributed by atoms with E-state index in [4.69, 9.17) is 9.83 Å². The van der Waals surface area contributed by atoms with Gasteiger partial charge in [-0.3, -0.25) is 0 Å². The van der Waals surface area contributed by atoms with Gasteiger partial charge >= 0.3 is 12.1 Å². The molecule has 0 aliphatic heterocycles. The number of rotatable bonds is 5. The third-order valence-corrected chi connectivity index (χ3v) is 6.05. The summed E-state index contributed by atoms with van der Waals surface area (Å²) >= 11 is 0. The van der Waals surface area contributed by atoms with Crippen molar-refractivity contribution in [3.8, 4) is 0 Å². The fourth-order valence-electron chi connectivity index (χ4n) is 4.13. The molecule has 0 spiro atoms. The highest BCUT2D eigenvalue weighted by Gasteiger charge is 2.32. The third kappa shape index (κ3) is 6.57. The van der Waals surface area contributed by atoms with Crippen LogP contribution in [0.25, 0.3) is 0 Å². The molecule has 2 aliphatic rings. The number of para-hydroxylation sites is 1. The minimum Gasteiger partial charge on any atom is -0.317 e. The Kier molecular flexibility index (Phi) is 8.72. The molecule has 1 aromatic rings. The maximum Gasteiger partial charge on any atom is 0.330 e. The molecule has 0 heterocycles. The number of nitrogens with zero attached hydrogens (tertiary/aromatic N) is 3. The van der Waals surface area contributed by atoms with Crippen molar-refractivity contribution in [2.75, 3.05) is 5.32 Å². The fraction of sp³-hybridized carbons (Fsp3) is 0.625. The van der Waals surface area contributed by atoms with Gasteiger partial charge in [-0.2, -0.15) is 0 Å². The number of nitrogens with one attached hydrogen (secondary N) is 1. The summed E-state index contributed by atoms with van der Waals surface area (Å²) in [5.41, 5.74) is 1.66. The number of hydrogen-bond acceptors (Lipinski definition) is 4.